The number of nitrogens with zero attached hydrogens (tertiary/aromatic N) is 2. The molecule has 1 aliphatic rings. The van der Waals surface area contributed by atoms with Crippen molar-refractivity contribution in [2.45, 2.75) is 19.4 Å². The molecule has 1 heterocycles. The second-order valence-electron chi connectivity index (χ2n) is 6.69. The summed E-state index contributed by atoms with van der Waals surface area (Å²) in [6.45, 7) is 4.33. The Morgan fingerprint density at radius 1 is 1.07 bits per heavy atom. The van der Waals surface area contributed by atoms with E-state index in [-0.39, 0.29) is 11.7 Å². The third-order valence-corrected chi connectivity index (χ3v) is 4.88. The number of halogens is 2. The smallest absolute Gasteiger partial charge is 0.226 e. The molecule has 0 unspecified atom stereocenters. The maximum Gasteiger partial charge on any atom is 0.226 e. The van der Waals surface area contributed by atoms with E-state index in [0.717, 1.165) is 38.2 Å². The molecule has 0 aromatic heterocycles. The molecule has 27 heavy (non-hydrogen) atoms. The van der Waals surface area contributed by atoms with Crippen LogP contribution in [-0.4, -0.2) is 48.5 Å². The predicted molar refractivity (Wildman–Crippen MR) is 104 cm³/mol. The number of hydrogen-bond acceptors (Lipinski definition) is 3. The Morgan fingerprint density at radius 2 is 1.89 bits per heavy atom. The summed E-state index contributed by atoms with van der Waals surface area (Å²) in [4.78, 5) is 16.7. The first kappa shape index (κ1) is 19.6. The van der Waals surface area contributed by atoms with Crippen LogP contribution >= 0.6 is 11.6 Å². The minimum absolute atomic E-state index is 0.112. The van der Waals surface area contributed by atoms with Gasteiger partial charge >= 0.3 is 0 Å². The van der Waals surface area contributed by atoms with Crippen molar-refractivity contribution in [3.63, 3.8) is 0 Å². The van der Waals surface area contributed by atoms with Crippen molar-refractivity contribution < 1.29 is 13.9 Å². The van der Waals surface area contributed by atoms with Gasteiger partial charge in [-0.1, -0.05) is 29.8 Å². The van der Waals surface area contributed by atoms with Crippen LogP contribution in [0.5, 0.6) is 5.75 Å². The number of carbonyl (C=O) groups excluding carboxylic acids is 1. The van der Waals surface area contributed by atoms with Crippen molar-refractivity contribution in [3.8, 4) is 5.75 Å². The van der Waals surface area contributed by atoms with E-state index < -0.39 is 0 Å². The SMILES string of the molecule is O=C(CCOc1cccc(Cl)c1)N1CCCN(Cc2ccc(F)cc2)CC1. The minimum Gasteiger partial charge on any atom is -0.493 e. The van der Waals surface area contributed by atoms with Gasteiger partial charge in [0.05, 0.1) is 13.0 Å². The minimum atomic E-state index is -0.216. The van der Waals surface area contributed by atoms with Crippen molar-refractivity contribution >= 4 is 17.5 Å². The quantitative estimate of drug-likeness (QED) is 0.747. The van der Waals surface area contributed by atoms with Crippen LogP contribution in [0.3, 0.4) is 0 Å². The molecule has 1 fully saturated rings. The summed E-state index contributed by atoms with van der Waals surface area (Å²) in [5, 5.41) is 0.618. The summed E-state index contributed by atoms with van der Waals surface area (Å²) < 4.78 is 18.6. The Kier molecular flexibility index (Phi) is 7.07. The van der Waals surface area contributed by atoms with Gasteiger partial charge in [0.15, 0.2) is 0 Å². The predicted octanol–water partition coefficient (Wildman–Crippen LogP) is 3.98. The third kappa shape index (κ3) is 6.22. The normalized spacial score (nSPS) is 15.4. The first-order valence-corrected chi connectivity index (χ1v) is 9.61. The summed E-state index contributed by atoms with van der Waals surface area (Å²) in [5.41, 5.74) is 1.09. The average Bonchev–Trinajstić information content (AvgIpc) is 2.89. The zero-order valence-corrected chi connectivity index (χ0v) is 16.0. The largest absolute Gasteiger partial charge is 0.493 e. The lowest BCUT2D eigenvalue weighted by Gasteiger charge is -2.22. The molecule has 2 aromatic carbocycles. The molecule has 0 aliphatic carbocycles. The maximum absolute atomic E-state index is 13.0. The van der Waals surface area contributed by atoms with Gasteiger partial charge in [0.25, 0.3) is 0 Å². The van der Waals surface area contributed by atoms with Crippen molar-refractivity contribution in [2.75, 3.05) is 32.8 Å². The van der Waals surface area contributed by atoms with Crippen LogP contribution in [0.4, 0.5) is 4.39 Å². The van der Waals surface area contributed by atoms with Gasteiger partial charge in [0.2, 0.25) is 5.91 Å². The number of benzene rings is 2. The van der Waals surface area contributed by atoms with Crippen molar-refractivity contribution in [2.24, 2.45) is 0 Å². The molecule has 0 N–H and O–H groups in total. The van der Waals surface area contributed by atoms with Gasteiger partial charge in [-0.15, -0.1) is 0 Å². The lowest BCUT2D eigenvalue weighted by Crippen LogP contribution is -2.35. The highest BCUT2D eigenvalue weighted by molar-refractivity contribution is 6.30. The molecule has 0 bridgehead atoms. The van der Waals surface area contributed by atoms with Crippen LogP contribution in [0.1, 0.15) is 18.4 Å². The molecule has 2 aromatic rings. The fraction of sp³-hybridized carbons (Fsp3) is 0.381. The summed E-state index contributed by atoms with van der Waals surface area (Å²) >= 11 is 5.93. The Hall–Kier alpha value is -2.11. The number of ether oxygens (including phenoxy) is 1. The summed E-state index contributed by atoms with van der Waals surface area (Å²) in [7, 11) is 0. The van der Waals surface area contributed by atoms with E-state index in [0.29, 0.717) is 30.3 Å². The Bertz CT molecular complexity index is 754. The number of carbonyl (C=O) groups is 1. The van der Waals surface area contributed by atoms with E-state index in [1.165, 1.54) is 12.1 Å². The molecule has 6 heteroatoms. The molecular weight excluding hydrogens is 367 g/mol. The van der Waals surface area contributed by atoms with Gasteiger partial charge in [-0.05, 0) is 42.3 Å². The van der Waals surface area contributed by atoms with E-state index in [4.69, 9.17) is 16.3 Å². The Morgan fingerprint density at radius 3 is 2.67 bits per heavy atom. The van der Waals surface area contributed by atoms with E-state index in [2.05, 4.69) is 4.90 Å². The van der Waals surface area contributed by atoms with Gasteiger partial charge in [-0.3, -0.25) is 9.69 Å². The van der Waals surface area contributed by atoms with Crippen LogP contribution < -0.4 is 4.74 Å². The van der Waals surface area contributed by atoms with Crippen LogP contribution in [0.2, 0.25) is 5.02 Å². The van der Waals surface area contributed by atoms with E-state index in [1.807, 2.05) is 29.2 Å². The molecular formula is C21H24ClFN2O2. The van der Waals surface area contributed by atoms with Crippen molar-refractivity contribution in [3.05, 3.63) is 64.9 Å². The van der Waals surface area contributed by atoms with Gasteiger partial charge in [-0.25, -0.2) is 4.39 Å². The first-order chi connectivity index (χ1) is 13.1. The van der Waals surface area contributed by atoms with E-state index in [1.54, 1.807) is 12.1 Å². The standard InChI is InChI=1S/C21H24ClFN2O2/c22-18-3-1-4-20(15-18)27-14-9-21(26)25-11-2-10-24(12-13-25)16-17-5-7-19(23)8-6-17/h1,3-8,15H,2,9-14,16H2. The zero-order chi connectivity index (χ0) is 19.1. The Balaban J connectivity index is 1.42. The van der Waals surface area contributed by atoms with Crippen LogP contribution in [-0.2, 0) is 11.3 Å². The molecule has 144 valence electrons. The number of hydrogen-bond donors (Lipinski definition) is 0. The molecule has 0 atom stereocenters. The summed E-state index contributed by atoms with van der Waals surface area (Å²) in [6.07, 6.45) is 1.28. The van der Waals surface area contributed by atoms with Gasteiger partial charge in [0, 0.05) is 37.7 Å². The van der Waals surface area contributed by atoms with Gasteiger partial charge in [0.1, 0.15) is 11.6 Å². The lowest BCUT2D eigenvalue weighted by atomic mass is 10.2. The van der Waals surface area contributed by atoms with Gasteiger partial charge in [-0.2, -0.15) is 0 Å². The zero-order valence-electron chi connectivity index (χ0n) is 15.2. The van der Waals surface area contributed by atoms with Crippen molar-refractivity contribution in [1.29, 1.82) is 0 Å². The second-order valence-corrected chi connectivity index (χ2v) is 7.13. The molecule has 3 rings (SSSR count). The van der Waals surface area contributed by atoms with Gasteiger partial charge < -0.3 is 9.64 Å². The molecule has 0 radical (unpaired) electrons. The van der Waals surface area contributed by atoms with E-state index in [9.17, 15) is 9.18 Å². The Labute approximate surface area is 164 Å². The second kappa shape index (κ2) is 9.72. The fourth-order valence-electron chi connectivity index (χ4n) is 3.20. The van der Waals surface area contributed by atoms with Crippen molar-refractivity contribution in [1.82, 2.24) is 9.80 Å². The van der Waals surface area contributed by atoms with E-state index >= 15 is 0 Å². The topological polar surface area (TPSA) is 32.8 Å². The van der Waals surface area contributed by atoms with Crippen LogP contribution in [0, 0.1) is 5.82 Å². The molecule has 1 aliphatic heterocycles. The monoisotopic (exact) mass is 390 g/mol. The third-order valence-electron chi connectivity index (χ3n) is 4.64. The summed E-state index contributed by atoms with van der Waals surface area (Å²) in [5.74, 6) is 0.573. The maximum atomic E-state index is 13.0. The fourth-order valence-corrected chi connectivity index (χ4v) is 3.38. The number of amides is 1. The molecule has 0 spiro atoms. The highest BCUT2D eigenvalue weighted by Crippen LogP contribution is 2.17. The lowest BCUT2D eigenvalue weighted by molar-refractivity contribution is -0.131. The highest BCUT2D eigenvalue weighted by atomic mass is 35.5. The van der Waals surface area contributed by atoms with Crippen LogP contribution in [0.15, 0.2) is 48.5 Å². The molecule has 0 saturated carbocycles. The summed E-state index contributed by atoms with van der Waals surface area (Å²) in [6, 6.07) is 13.8. The first-order valence-electron chi connectivity index (χ1n) is 9.23. The molecule has 1 amide bonds. The average molecular weight is 391 g/mol. The molecule has 4 nitrogen and oxygen atoms in total. The number of rotatable bonds is 6. The highest BCUT2D eigenvalue weighted by Gasteiger charge is 2.19. The molecule has 1 saturated heterocycles. The van der Waals surface area contributed by atoms with Crippen LogP contribution in [0.25, 0.3) is 0 Å².